The maximum absolute atomic E-state index is 12.3. The third-order valence-electron chi connectivity index (χ3n) is 3.39. The maximum atomic E-state index is 12.3. The van der Waals surface area contributed by atoms with E-state index in [0.29, 0.717) is 11.2 Å². The van der Waals surface area contributed by atoms with Gasteiger partial charge in [-0.1, -0.05) is 0 Å². The van der Waals surface area contributed by atoms with Gasteiger partial charge in [0.1, 0.15) is 5.56 Å². The van der Waals surface area contributed by atoms with E-state index in [-0.39, 0.29) is 24.4 Å². The summed E-state index contributed by atoms with van der Waals surface area (Å²) < 4.78 is 1.63. The van der Waals surface area contributed by atoms with Crippen molar-refractivity contribution in [3.8, 4) is 0 Å². The highest BCUT2D eigenvalue weighted by atomic mass is 35.5. The number of nitrogens with one attached hydrogen (secondary N) is 2. The topological polar surface area (TPSA) is 71.3 Å². The van der Waals surface area contributed by atoms with Crippen molar-refractivity contribution in [3.63, 3.8) is 0 Å². The van der Waals surface area contributed by atoms with Crippen molar-refractivity contribution in [3.05, 3.63) is 29.7 Å². The van der Waals surface area contributed by atoms with Gasteiger partial charge in [-0.25, -0.2) is 9.50 Å². The van der Waals surface area contributed by atoms with Crippen molar-refractivity contribution < 1.29 is 4.79 Å². The van der Waals surface area contributed by atoms with Gasteiger partial charge in [0, 0.05) is 24.5 Å². The highest BCUT2D eigenvalue weighted by Gasteiger charge is 2.19. The zero-order chi connectivity index (χ0) is 13.2. The smallest absolute Gasteiger partial charge is 0.257 e. The standard InChI is InChI=1S/C13H17N5O.ClH/c1-9-4-6-18-12(16-9)11(8-15-18)13(19)17-10-3-2-5-14-7-10;/h4,6,8,10,14H,2-3,5,7H2,1H3,(H,17,19);1H. The Morgan fingerprint density at radius 1 is 1.55 bits per heavy atom. The average molecular weight is 296 g/mol. The van der Waals surface area contributed by atoms with E-state index < -0.39 is 0 Å². The Hall–Kier alpha value is -1.66. The molecule has 1 amide bonds. The molecule has 0 spiro atoms. The summed E-state index contributed by atoms with van der Waals surface area (Å²) in [4.78, 5) is 16.6. The molecule has 1 unspecified atom stereocenters. The van der Waals surface area contributed by atoms with Crippen molar-refractivity contribution >= 4 is 24.0 Å². The van der Waals surface area contributed by atoms with Crippen molar-refractivity contribution in [2.24, 2.45) is 0 Å². The van der Waals surface area contributed by atoms with E-state index in [1.54, 1.807) is 10.7 Å². The number of fused-ring (bicyclic) bond motifs is 1. The number of amides is 1. The van der Waals surface area contributed by atoms with Crippen LogP contribution in [0.2, 0.25) is 0 Å². The summed E-state index contributed by atoms with van der Waals surface area (Å²) in [5, 5.41) is 10.5. The number of piperidine rings is 1. The zero-order valence-corrected chi connectivity index (χ0v) is 12.1. The third-order valence-corrected chi connectivity index (χ3v) is 3.39. The molecule has 3 heterocycles. The van der Waals surface area contributed by atoms with Crippen molar-refractivity contribution in [2.45, 2.75) is 25.8 Å². The summed E-state index contributed by atoms with van der Waals surface area (Å²) in [6, 6.07) is 2.06. The van der Waals surface area contributed by atoms with Crippen LogP contribution in [0.25, 0.3) is 5.65 Å². The second kappa shape index (κ2) is 6.19. The van der Waals surface area contributed by atoms with Crippen LogP contribution >= 0.6 is 12.4 Å². The molecule has 6 nitrogen and oxygen atoms in total. The van der Waals surface area contributed by atoms with Crippen LogP contribution in [0, 0.1) is 6.92 Å². The Morgan fingerprint density at radius 2 is 2.40 bits per heavy atom. The van der Waals surface area contributed by atoms with Crippen molar-refractivity contribution in [2.75, 3.05) is 13.1 Å². The quantitative estimate of drug-likeness (QED) is 0.865. The second-order valence-electron chi connectivity index (χ2n) is 4.91. The molecule has 3 rings (SSSR count). The van der Waals surface area contributed by atoms with E-state index in [1.165, 1.54) is 0 Å². The maximum Gasteiger partial charge on any atom is 0.257 e. The molecule has 108 valence electrons. The van der Waals surface area contributed by atoms with Gasteiger partial charge in [-0.3, -0.25) is 4.79 Å². The fourth-order valence-corrected chi connectivity index (χ4v) is 2.36. The Morgan fingerprint density at radius 3 is 3.15 bits per heavy atom. The van der Waals surface area contributed by atoms with Crippen LogP contribution < -0.4 is 10.6 Å². The number of aromatic nitrogens is 3. The molecule has 0 saturated carbocycles. The lowest BCUT2D eigenvalue weighted by Gasteiger charge is -2.23. The largest absolute Gasteiger partial charge is 0.348 e. The van der Waals surface area contributed by atoms with Crippen LogP contribution in [0.1, 0.15) is 28.9 Å². The summed E-state index contributed by atoms with van der Waals surface area (Å²) in [7, 11) is 0. The molecular formula is C13H18ClN5O. The van der Waals surface area contributed by atoms with Crippen LogP contribution in [0.5, 0.6) is 0 Å². The predicted octanol–water partition coefficient (Wildman–Crippen LogP) is 0.941. The first-order chi connectivity index (χ1) is 9.24. The lowest BCUT2D eigenvalue weighted by atomic mass is 10.1. The number of carbonyl (C=O) groups excluding carboxylic acids is 1. The van der Waals surface area contributed by atoms with Gasteiger partial charge in [0.2, 0.25) is 0 Å². The van der Waals surface area contributed by atoms with Crippen molar-refractivity contribution in [1.82, 2.24) is 25.2 Å². The molecule has 2 N–H and O–H groups in total. The molecule has 1 saturated heterocycles. The number of carbonyl (C=O) groups is 1. The van der Waals surface area contributed by atoms with Crippen LogP contribution in [-0.2, 0) is 0 Å². The summed E-state index contributed by atoms with van der Waals surface area (Å²) >= 11 is 0. The third kappa shape index (κ3) is 2.91. The van der Waals surface area contributed by atoms with E-state index in [1.807, 2.05) is 19.2 Å². The molecule has 1 atom stereocenters. The van der Waals surface area contributed by atoms with E-state index >= 15 is 0 Å². The van der Waals surface area contributed by atoms with Crippen LogP contribution in [-0.4, -0.2) is 39.6 Å². The van der Waals surface area contributed by atoms with E-state index in [2.05, 4.69) is 20.7 Å². The first-order valence-corrected chi connectivity index (χ1v) is 6.56. The molecular weight excluding hydrogens is 278 g/mol. The van der Waals surface area contributed by atoms with Crippen LogP contribution in [0.15, 0.2) is 18.5 Å². The molecule has 1 aliphatic heterocycles. The number of aryl methyl sites for hydroxylation is 1. The van der Waals surface area contributed by atoms with Gasteiger partial charge in [-0.05, 0) is 32.4 Å². The van der Waals surface area contributed by atoms with Crippen LogP contribution in [0.3, 0.4) is 0 Å². The number of nitrogens with zero attached hydrogens (tertiary/aromatic N) is 3. The van der Waals surface area contributed by atoms with Gasteiger partial charge >= 0.3 is 0 Å². The Bertz CT molecular complexity index is 606. The monoisotopic (exact) mass is 295 g/mol. The Labute approximate surface area is 123 Å². The fraction of sp³-hybridized carbons (Fsp3) is 0.462. The minimum Gasteiger partial charge on any atom is -0.348 e. The molecule has 1 aliphatic rings. The number of halogens is 1. The highest BCUT2D eigenvalue weighted by Crippen LogP contribution is 2.10. The first kappa shape index (κ1) is 14.7. The SMILES string of the molecule is Cc1ccn2ncc(C(=O)NC3CCCNC3)c2n1.Cl. The number of rotatable bonds is 2. The highest BCUT2D eigenvalue weighted by molar-refractivity contribution is 5.99. The van der Waals surface area contributed by atoms with Gasteiger partial charge in [-0.15, -0.1) is 12.4 Å². The minimum atomic E-state index is -0.0956. The van der Waals surface area contributed by atoms with E-state index in [9.17, 15) is 4.79 Å². The fourth-order valence-electron chi connectivity index (χ4n) is 2.36. The van der Waals surface area contributed by atoms with Gasteiger partial charge in [0.25, 0.3) is 5.91 Å². The van der Waals surface area contributed by atoms with E-state index in [4.69, 9.17) is 0 Å². The first-order valence-electron chi connectivity index (χ1n) is 6.56. The molecule has 20 heavy (non-hydrogen) atoms. The molecule has 0 aromatic carbocycles. The summed E-state index contributed by atoms with van der Waals surface area (Å²) in [6.45, 7) is 3.76. The van der Waals surface area contributed by atoms with E-state index in [0.717, 1.165) is 31.6 Å². The lowest BCUT2D eigenvalue weighted by molar-refractivity contribution is 0.0932. The molecule has 0 radical (unpaired) electrons. The molecule has 0 aliphatic carbocycles. The summed E-state index contributed by atoms with van der Waals surface area (Å²) in [6.07, 6.45) is 5.51. The van der Waals surface area contributed by atoms with Crippen molar-refractivity contribution in [1.29, 1.82) is 0 Å². The average Bonchev–Trinajstić information content (AvgIpc) is 2.82. The minimum absolute atomic E-state index is 0. The number of hydrogen-bond acceptors (Lipinski definition) is 4. The number of hydrogen-bond donors (Lipinski definition) is 2. The second-order valence-corrected chi connectivity index (χ2v) is 4.91. The normalized spacial score (nSPS) is 18.6. The summed E-state index contributed by atoms with van der Waals surface area (Å²) in [5.74, 6) is -0.0956. The zero-order valence-electron chi connectivity index (χ0n) is 11.3. The molecule has 0 bridgehead atoms. The Kier molecular flexibility index (Phi) is 4.57. The van der Waals surface area contributed by atoms with Gasteiger partial charge in [-0.2, -0.15) is 5.10 Å². The molecule has 2 aromatic rings. The predicted molar refractivity (Wildman–Crippen MR) is 78.3 cm³/mol. The summed E-state index contributed by atoms with van der Waals surface area (Å²) in [5.41, 5.74) is 2.02. The molecule has 2 aromatic heterocycles. The molecule has 1 fully saturated rings. The lowest BCUT2D eigenvalue weighted by Crippen LogP contribution is -2.45. The Balaban J connectivity index is 0.00000147. The molecule has 7 heteroatoms. The van der Waals surface area contributed by atoms with Gasteiger partial charge in [0.15, 0.2) is 5.65 Å². The van der Waals surface area contributed by atoms with Gasteiger partial charge < -0.3 is 10.6 Å². The van der Waals surface area contributed by atoms with Gasteiger partial charge in [0.05, 0.1) is 6.20 Å². The van der Waals surface area contributed by atoms with Crippen LogP contribution in [0.4, 0.5) is 0 Å².